The van der Waals surface area contributed by atoms with Crippen LogP contribution in [0, 0.1) is 0 Å². The fourth-order valence-corrected chi connectivity index (χ4v) is 3.93. The van der Waals surface area contributed by atoms with Gasteiger partial charge in [0.25, 0.3) is 0 Å². The molecule has 2 aromatic carbocycles. The normalized spacial score (nSPS) is 15.5. The number of carboxylic acid groups (broad SMARTS) is 1. The number of aliphatic carboxylic acids is 1. The number of ether oxygens (including phenoxy) is 2. The van der Waals surface area contributed by atoms with Gasteiger partial charge in [0, 0.05) is 24.2 Å². The molecule has 0 amide bonds. The Balaban J connectivity index is 1.62. The van der Waals surface area contributed by atoms with Crippen LogP contribution in [0.1, 0.15) is 28.4 Å². The lowest BCUT2D eigenvalue weighted by Crippen LogP contribution is -2.38. The van der Waals surface area contributed by atoms with Crippen LogP contribution in [0.3, 0.4) is 0 Å². The summed E-state index contributed by atoms with van der Waals surface area (Å²) < 4.78 is 12.5. The second kappa shape index (κ2) is 9.93. The molecule has 33 heavy (non-hydrogen) atoms. The summed E-state index contributed by atoms with van der Waals surface area (Å²) in [6.07, 6.45) is 2.99. The van der Waals surface area contributed by atoms with Crippen LogP contribution in [0.25, 0.3) is 0 Å². The molecule has 1 aromatic heterocycles. The van der Waals surface area contributed by atoms with Crippen molar-refractivity contribution in [3.05, 3.63) is 82.4 Å². The highest BCUT2D eigenvalue weighted by Crippen LogP contribution is 2.40. The van der Waals surface area contributed by atoms with Gasteiger partial charge in [-0.25, -0.2) is 14.6 Å². The van der Waals surface area contributed by atoms with E-state index >= 15 is 0 Å². The number of hydroxylamine groups is 2. The van der Waals surface area contributed by atoms with E-state index in [-0.39, 0.29) is 6.61 Å². The molecule has 0 spiro atoms. The second-order valence-corrected chi connectivity index (χ2v) is 7.92. The average Bonchev–Trinajstić information content (AvgIpc) is 3.21. The first-order chi connectivity index (χ1) is 15.9. The van der Waals surface area contributed by atoms with Crippen LogP contribution >= 0.6 is 11.6 Å². The predicted octanol–water partition coefficient (Wildman–Crippen LogP) is 3.75. The maximum Gasteiger partial charge on any atom is 0.528 e. The maximum absolute atomic E-state index is 12.5. The van der Waals surface area contributed by atoms with Gasteiger partial charge in [-0.1, -0.05) is 35.9 Å². The lowest BCUT2D eigenvalue weighted by molar-refractivity contribution is -0.152. The molecule has 0 unspecified atom stereocenters. The number of aromatic nitrogens is 2. The highest BCUT2D eigenvalue weighted by atomic mass is 35.5. The third-order valence-corrected chi connectivity index (χ3v) is 5.54. The van der Waals surface area contributed by atoms with Gasteiger partial charge in [-0.05, 0) is 35.7 Å². The molecule has 1 N–H and O–H groups in total. The predicted molar refractivity (Wildman–Crippen MR) is 118 cm³/mol. The first-order valence-electron chi connectivity index (χ1n) is 10.2. The molecule has 0 aliphatic carbocycles. The summed E-state index contributed by atoms with van der Waals surface area (Å²) in [7, 11) is 1.80. The first-order valence-corrected chi connectivity index (χ1v) is 10.6. The minimum Gasteiger partial charge on any atom is -0.482 e. The maximum atomic E-state index is 12.5. The largest absolute Gasteiger partial charge is 0.528 e. The molecule has 0 fully saturated rings. The van der Waals surface area contributed by atoms with Crippen molar-refractivity contribution in [2.24, 2.45) is 7.05 Å². The minimum atomic E-state index is -1.10. The van der Waals surface area contributed by atoms with Crippen molar-refractivity contribution in [2.45, 2.75) is 19.1 Å². The molecule has 9 nitrogen and oxygen atoms in total. The lowest BCUT2D eigenvalue weighted by atomic mass is 9.89. The molecular formula is C23H22ClN3O6. The Morgan fingerprint density at radius 2 is 2.03 bits per heavy atom. The molecule has 1 aliphatic rings. The quantitative estimate of drug-likeness (QED) is 0.520. The third-order valence-electron chi connectivity index (χ3n) is 5.30. The van der Waals surface area contributed by atoms with Crippen molar-refractivity contribution < 1.29 is 29.0 Å². The number of nitrogens with zero attached hydrogens (tertiary/aromatic N) is 3. The zero-order valence-electron chi connectivity index (χ0n) is 17.8. The second-order valence-electron chi connectivity index (χ2n) is 7.48. The zero-order valence-corrected chi connectivity index (χ0v) is 18.6. The van der Waals surface area contributed by atoms with Gasteiger partial charge in [-0.2, -0.15) is 0 Å². The van der Waals surface area contributed by atoms with Gasteiger partial charge in [-0.15, -0.1) is 5.06 Å². The Kier molecular flexibility index (Phi) is 6.81. The van der Waals surface area contributed by atoms with E-state index in [1.807, 2.05) is 24.3 Å². The molecule has 0 saturated carbocycles. The van der Waals surface area contributed by atoms with E-state index in [9.17, 15) is 9.59 Å². The van der Waals surface area contributed by atoms with Gasteiger partial charge in [-0.3, -0.25) is 0 Å². The zero-order chi connectivity index (χ0) is 23.4. The Morgan fingerprint density at radius 1 is 1.21 bits per heavy atom. The fraction of sp³-hybridized carbons (Fsp3) is 0.261. The number of fused-ring (bicyclic) bond motifs is 1. The fourth-order valence-electron chi connectivity index (χ4n) is 3.75. The SMILES string of the molecule is Cn1cncc1COC(=O)ON1CCc2ccccc2[C@H]1c1cc(Cl)ccc1OCC(=O)O. The van der Waals surface area contributed by atoms with Crippen molar-refractivity contribution in [2.75, 3.05) is 13.2 Å². The summed E-state index contributed by atoms with van der Waals surface area (Å²) >= 11 is 6.27. The van der Waals surface area contributed by atoms with Gasteiger partial charge in [0.15, 0.2) is 6.61 Å². The van der Waals surface area contributed by atoms with E-state index in [1.165, 1.54) is 5.06 Å². The average molecular weight is 472 g/mol. The molecule has 1 aliphatic heterocycles. The lowest BCUT2D eigenvalue weighted by Gasteiger charge is -2.36. The van der Waals surface area contributed by atoms with Crippen molar-refractivity contribution >= 4 is 23.7 Å². The molecular weight excluding hydrogens is 450 g/mol. The summed E-state index contributed by atoms with van der Waals surface area (Å²) in [5.74, 6) is -0.771. The van der Waals surface area contributed by atoms with Crippen LogP contribution in [0.2, 0.25) is 5.02 Å². The van der Waals surface area contributed by atoms with Crippen molar-refractivity contribution in [1.29, 1.82) is 0 Å². The van der Waals surface area contributed by atoms with Crippen LogP contribution in [0.4, 0.5) is 4.79 Å². The first kappa shape index (κ1) is 22.6. The van der Waals surface area contributed by atoms with Crippen molar-refractivity contribution in [3.63, 3.8) is 0 Å². The van der Waals surface area contributed by atoms with Gasteiger partial charge in [0.1, 0.15) is 12.4 Å². The third kappa shape index (κ3) is 5.27. The number of aryl methyl sites for hydroxylation is 1. The van der Waals surface area contributed by atoms with E-state index in [2.05, 4.69) is 4.98 Å². The number of imidazole rings is 1. The number of hydrogen-bond donors (Lipinski definition) is 1. The number of rotatable bonds is 7. The Bertz CT molecular complexity index is 1160. The van der Waals surface area contributed by atoms with Crippen LogP contribution in [0.15, 0.2) is 55.0 Å². The smallest absolute Gasteiger partial charge is 0.482 e. The molecule has 2 heterocycles. The van der Waals surface area contributed by atoms with E-state index in [1.54, 1.807) is 42.3 Å². The Morgan fingerprint density at radius 3 is 2.79 bits per heavy atom. The highest BCUT2D eigenvalue weighted by molar-refractivity contribution is 6.30. The molecule has 4 rings (SSSR count). The van der Waals surface area contributed by atoms with Gasteiger partial charge in [0.2, 0.25) is 0 Å². The van der Waals surface area contributed by atoms with Crippen molar-refractivity contribution in [1.82, 2.24) is 14.6 Å². The molecule has 0 bridgehead atoms. The van der Waals surface area contributed by atoms with Crippen LogP contribution in [-0.4, -0.2) is 45.0 Å². The minimum absolute atomic E-state index is 0.00850. The van der Waals surface area contributed by atoms with Gasteiger partial charge in [0.05, 0.1) is 24.3 Å². The molecule has 1 atom stereocenters. The number of hydrogen-bond acceptors (Lipinski definition) is 7. The number of halogens is 1. The number of carboxylic acids is 1. The van der Waals surface area contributed by atoms with E-state index in [0.29, 0.717) is 35.0 Å². The summed E-state index contributed by atoms with van der Waals surface area (Å²) in [6.45, 7) is -0.113. The monoisotopic (exact) mass is 471 g/mol. The summed E-state index contributed by atoms with van der Waals surface area (Å²) in [4.78, 5) is 33.2. The summed E-state index contributed by atoms with van der Waals surface area (Å²) in [6, 6.07) is 12.1. The molecule has 0 saturated heterocycles. The summed E-state index contributed by atoms with van der Waals surface area (Å²) in [5.41, 5.74) is 3.27. The van der Waals surface area contributed by atoms with E-state index < -0.39 is 24.8 Å². The molecule has 172 valence electrons. The topological polar surface area (TPSA) is 103 Å². The number of carbonyl (C=O) groups excluding carboxylic acids is 1. The molecule has 10 heteroatoms. The number of carbonyl (C=O) groups is 2. The van der Waals surface area contributed by atoms with Crippen LogP contribution in [-0.2, 0) is 34.4 Å². The Hall–Kier alpha value is -3.56. The molecule has 0 radical (unpaired) electrons. The number of benzene rings is 2. The Labute approximate surface area is 195 Å². The van der Waals surface area contributed by atoms with Crippen molar-refractivity contribution in [3.8, 4) is 5.75 Å². The van der Waals surface area contributed by atoms with Crippen LogP contribution in [0.5, 0.6) is 5.75 Å². The summed E-state index contributed by atoms with van der Waals surface area (Å²) in [5, 5.41) is 11.0. The standard InChI is InChI=1S/C23H22ClN3O6/c1-26-14-25-11-17(26)12-32-23(30)33-27-9-8-15-4-2-3-5-18(15)22(27)19-10-16(24)6-7-20(19)31-13-21(28)29/h2-7,10-11,14,22H,8-9,12-13H2,1H3,(H,28,29)/t22-/m0/s1. The van der Waals surface area contributed by atoms with Gasteiger partial charge >= 0.3 is 12.1 Å². The van der Waals surface area contributed by atoms with Crippen LogP contribution < -0.4 is 4.74 Å². The molecule has 3 aromatic rings. The highest BCUT2D eigenvalue weighted by Gasteiger charge is 2.34. The van der Waals surface area contributed by atoms with E-state index in [0.717, 1.165) is 11.1 Å². The van der Waals surface area contributed by atoms with E-state index in [4.69, 9.17) is 31.0 Å². The van der Waals surface area contributed by atoms with Gasteiger partial charge < -0.3 is 24.0 Å².